The molecule has 0 unspecified atom stereocenters. The third kappa shape index (κ3) is 1580. The predicted molar refractivity (Wildman–Crippen MR) is 377 cm³/mol. The molecule has 504 valence electrons. The van der Waals surface area contributed by atoms with Crippen molar-refractivity contribution in [3.05, 3.63) is 0 Å². The average Bonchev–Trinajstić information content (AvgIpc) is 3.49. The summed E-state index contributed by atoms with van der Waals surface area (Å²) in [5.74, 6) is 0. The Hall–Kier alpha value is -0.320. The van der Waals surface area contributed by atoms with Gasteiger partial charge in [-0.2, -0.15) is 0 Å². The summed E-state index contributed by atoms with van der Waals surface area (Å²) in [6.07, 6.45) is 32.6. The summed E-state index contributed by atoms with van der Waals surface area (Å²) in [5, 5.41) is 28.0. The van der Waals surface area contributed by atoms with Crippen molar-refractivity contribution in [2.45, 2.75) is 376 Å². The van der Waals surface area contributed by atoms with Crippen molar-refractivity contribution in [2.75, 3.05) is 85.3 Å². The molecule has 0 aliphatic heterocycles. The maximum absolute atomic E-state index is 7.00. The van der Waals surface area contributed by atoms with Gasteiger partial charge in [-0.25, -0.2) is 0 Å². The van der Waals surface area contributed by atoms with Gasteiger partial charge in [-0.05, 0) is 0 Å². The van der Waals surface area contributed by atoms with E-state index in [0.717, 1.165) is 28.4 Å². The highest BCUT2D eigenvalue weighted by atomic mass is 16.5. The van der Waals surface area contributed by atoms with Crippen LogP contribution in [0, 0.1) is 0 Å². The first-order valence-electron chi connectivity index (χ1n) is 32.4. The summed E-state index contributed by atoms with van der Waals surface area (Å²) in [6, 6.07) is 0. The van der Waals surface area contributed by atoms with Crippen LogP contribution >= 0.6 is 0 Å². The summed E-state index contributed by atoms with van der Waals surface area (Å²) in [6.45, 7) is 67.4. The maximum Gasteiger partial charge on any atom is 0.0351 e. The fourth-order valence-corrected chi connectivity index (χ4v) is 2.83. The Morgan fingerprint density at radius 3 is 0.171 bits per heavy atom. The third-order valence-electron chi connectivity index (χ3n) is 5.66. The fourth-order valence-electron chi connectivity index (χ4n) is 2.83. The lowest BCUT2D eigenvalue weighted by Crippen LogP contribution is -1.59. The molecule has 8 heteroatoms. The van der Waals surface area contributed by atoms with E-state index >= 15 is 0 Å². The Morgan fingerprint density at radius 1 is 0.145 bits per heavy atom. The monoisotopic (exact) mass is 1130 g/mol. The van der Waals surface area contributed by atoms with Crippen LogP contribution in [-0.4, -0.2) is 106 Å². The van der Waals surface area contributed by atoms with Gasteiger partial charge in [0.25, 0.3) is 0 Å². The minimum atomic E-state index is 1.00. The molecule has 0 saturated heterocycles. The van der Waals surface area contributed by atoms with Crippen molar-refractivity contribution in [3.8, 4) is 0 Å². The smallest absolute Gasteiger partial charge is 0.0351 e. The lowest BCUT2D eigenvalue weighted by molar-refractivity contribution is 0.277. The molecule has 0 heterocycles. The van der Waals surface area contributed by atoms with Gasteiger partial charge in [-0.3, -0.25) is 0 Å². The number of aliphatic hydroxyl groups excluding tert-OH is 4. The molecule has 4 N–H and O–H groups in total. The molecule has 0 aliphatic carbocycles. The van der Waals surface area contributed by atoms with Crippen LogP contribution in [0.2, 0.25) is 0 Å². The second-order valence-electron chi connectivity index (χ2n) is 12.5. The van der Waals surface area contributed by atoms with E-state index in [1.165, 1.54) is 154 Å². The zero-order valence-corrected chi connectivity index (χ0v) is 64.4. The number of aliphatic hydroxyl groups is 4. The quantitative estimate of drug-likeness (QED) is 0.121. The predicted octanol–water partition coefficient (Wildman–Crippen LogP) is 25.3. The Morgan fingerprint density at radius 2 is 0.171 bits per heavy atom. The molecular weight excluding hydrogens is 945 g/mol. The molecule has 0 amide bonds. The molecule has 0 aliphatic rings. The van der Waals surface area contributed by atoms with Gasteiger partial charge in [0.2, 0.25) is 0 Å². The first-order valence-corrected chi connectivity index (χ1v) is 32.4. The number of hydrogen-bond donors (Lipinski definition) is 4. The third-order valence-corrected chi connectivity index (χ3v) is 5.66. The molecule has 0 rings (SSSR count). The van der Waals surface area contributed by atoms with Crippen molar-refractivity contribution < 1.29 is 39.4 Å². The molecule has 0 aromatic carbocycles. The molecule has 0 aromatic rings. The van der Waals surface area contributed by atoms with Crippen LogP contribution in [0.5, 0.6) is 0 Å². The summed E-state index contributed by atoms with van der Waals surface area (Å²) in [4.78, 5) is 0. The number of unbranched alkanes of at least 4 members (excludes halogenated alkanes) is 16. The molecule has 0 bridgehead atoms. The van der Waals surface area contributed by atoms with Crippen LogP contribution in [0.1, 0.15) is 376 Å². The summed E-state index contributed by atoms with van der Waals surface area (Å²) < 4.78 is 17.0. The first kappa shape index (κ1) is 158. The summed E-state index contributed by atoms with van der Waals surface area (Å²) in [7, 11) is 17.0. The van der Waals surface area contributed by atoms with Crippen LogP contribution in [0.3, 0.4) is 0 Å². The zero-order valence-electron chi connectivity index (χ0n) is 64.4. The Bertz CT molecular complexity index is 210. The number of ether oxygens (including phenoxy) is 4. The van der Waals surface area contributed by atoms with Gasteiger partial charge in [0.1, 0.15) is 0 Å². The SMILES string of the molecule is CC.CC.CC.CC.CC.CC.CC.CC.CCCCC.CCCCC.CCCCC.CCCCC.CCCCC.CCCCC.CCCCC.CCCCC.CO.CO.CO.CO.COC.COC.COC.COC. The van der Waals surface area contributed by atoms with Gasteiger partial charge < -0.3 is 39.4 Å². The van der Waals surface area contributed by atoms with E-state index < -0.39 is 0 Å². The van der Waals surface area contributed by atoms with Gasteiger partial charge in [-0.15, -0.1) is 0 Å². The lowest BCUT2D eigenvalue weighted by Gasteiger charge is -1.79. The van der Waals surface area contributed by atoms with Gasteiger partial charge in [0, 0.05) is 85.3 Å². The molecule has 0 aromatic heterocycles. The Labute approximate surface area is 498 Å². The van der Waals surface area contributed by atoms with E-state index in [1.807, 2.05) is 111 Å². The summed E-state index contributed by atoms with van der Waals surface area (Å²) in [5.41, 5.74) is 0. The van der Waals surface area contributed by atoms with Crippen molar-refractivity contribution in [1.82, 2.24) is 0 Å². The van der Waals surface area contributed by atoms with Gasteiger partial charge >= 0.3 is 0 Å². The van der Waals surface area contributed by atoms with E-state index in [2.05, 4.69) is 130 Å². The second-order valence-corrected chi connectivity index (χ2v) is 12.5. The highest BCUT2D eigenvalue weighted by Crippen LogP contribution is 1.91. The van der Waals surface area contributed by atoms with Crippen LogP contribution < -0.4 is 0 Å². The van der Waals surface area contributed by atoms with Crippen molar-refractivity contribution in [3.63, 3.8) is 0 Å². The van der Waals surface area contributed by atoms with E-state index in [0.29, 0.717) is 0 Å². The molecular formula is C68H184O8. The highest BCUT2D eigenvalue weighted by molar-refractivity contribution is 4.27. The molecule has 0 atom stereocenters. The zero-order chi connectivity index (χ0) is 67.8. The number of rotatable bonds is 16. The van der Waals surface area contributed by atoms with Gasteiger partial charge in [-0.1, -0.05) is 376 Å². The van der Waals surface area contributed by atoms with Gasteiger partial charge in [0.05, 0.1) is 0 Å². The van der Waals surface area contributed by atoms with Crippen molar-refractivity contribution in [1.29, 1.82) is 0 Å². The normalized spacial score (nSPS) is 6.32. The Kier molecular flexibility index (Phi) is 1100. The molecule has 0 fully saturated rings. The van der Waals surface area contributed by atoms with E-state index in [4.69, 9.17) is 20.4 Å². The topological polar surface area (TPSA) is 118 Å². The van der Waals surface area contributed by atoms with Gasteiger partial charge in [0.15, 0.2) is 0 Å². The van der Waals surface area contributed by atoms with Crippen molar-refractivity contribution >= 4 is 0 Å². The van der Waals surface area contributed by atoms with Crippen molar-refractivity contribution in [2.24, 2.45) is 0 Å². The Balaban J connectivity index is -0.0000000171. The molecule has 0 saturated carbocycles. The first-order chi connectivity index (χ1) is 37.0. The van der Waals surface area contributed by atoms with E-state index in [1.54, 1.807) is 56.9 Å². The molecule has 76 heavy (non-hydrogen) atoms. The van der Waals surface area contributed by atoms with Crippen LogP contribution in [0.15, 0.2) is 0 Å². The number of methoxy groups -OCH3 is 4. The van der Waals surface area contributed by atoms with Crippen LogP contribution in [0.4, 0.5) is 0 Å². The molecule has 8 nitrogen and oxygen atoms in total. The standard InChI is InChI=1S/8C5H12.4C2H6O.8C2H6.4CH4O/c8*1-3-5-4-2;4*1-3-2;12*1-2/h8*3-5H2,1-2H3;4*1-2H3;8*1-2H3;4*2H,1H3. The highest BCUT2D eigenvalue weighted by Gasteiger charge is 1.71. The van der Waals surface area contributed by atoms with E-state index in [-0.39, 0.29) is 0 Å². The second kappa shape index (κ2) is 529. The summed E-state index contributed by atoms with van der Waals surface area (Å²) >= 11 is 0. The minimum absolute atomic E-state index is 1.00. The minimum Gasteiger partial charge on any atom is -0.400 e. The van der Waals surface area contributed by atoms with Crippen LogP contribution in [-0.2, 0) is 18.9 Å². The molecule has 0 radical (unpaired) electrons. The average molecular weight is 1130 g/mol. The lowest BCUT2D eigenvalue weighted by atomic mass is 10.3. The fraction of sp³-hybridized carbons (Fsp3) is 1.00. The van der Waals surface area contributed by atoms with Crippen LogP contribution in [0.25, 0.3) is 0 Å². The maximum atomic E-state index is 7.00. The number of hydrogen-bond acceptors (Lipinski definition) is 8. The largest absolute Gasteiger partial charge is 0.400 e. The molecule has 0 spiro atoms. The van der Waals surface area contributed by atoms with E-state index in [9.17, 15) is 0 Å².